The smallest absolute Gasteiger partial charge is 0.323 e. The van der Waals surface area contributed by atoms with Crippen molar-refractivity contribution in [3.05, 3.63) is 20.7 Å². The van der Waals surface area contributed by atoms with Crippen LogP contribution in [0, 0.1) is 0 Å². The molecule has 2 heterocycles. The number of H-pyrrole nitrogens is 1. The number of nitrogens with zero attached hydrogens (tertiary/aromatic N) is 3. The minimum Gasteiger partial charge on any atom is -0.461 e. The Morgan fingerprint density at radius 1 is 1.35 bits per heavy atom. The lowest BCUT2D eigenvalue weighted by atomic mass is 10.5. The molecule has 0 aliphatic heterocycles. The third kappa shape index (κ3) is 3.92. The zero-order chi connectivity index (χ0) is 14.5. The molecule has 2 aromatic heterocycles. The van der Waals surface area contributed by atoms with Crippen LogP contribution in [-0.2, 0) is 6.54 Å². The topological polar surface area (TPSA) is 105 Å². The van der Waals surface area contributed by atoms with Gasteiger partial charge in [-0.2, -0.15) is 15.0 Å². The number of ether oxygens (including phenoxy) is 1. The summed E-state index contributed by atoms with van der Waals surface area (Å²) in [6, 6.07) is 0.251. The van der Waals surface area contributed by atoms with Crippen LogP contribution in [0.4, 0.5) is 11.9 Å². The van der Waals surface area contributed by atoms with Crippen molar-refractivity contribution in [1.82, 2.24) is 19.9 Å². The van der Waals surface area contributed by atoms with E-state index >= 15 is 0 Å². The van der Waals surface area contributed by atoms with E-state index in [1.54, 1.807) is 12.4 Å². The minimum atomic E-state index is -0.0859. The van der Waals surface area contributed by atoms with Gasteiger partial charge in [0.2, 0.25) is 11.9 Å². The Bertz CT molecular complexity index is 623. The Labute approximate surface area is 119 Å². The second kappa shape index (κ2) is 6.33. The van der Waals surface area contributed by atoms with Crippen molar-refractivity contribution < 1.29 is 4.74 Å². The van der Waals surface area contributed by atoms with Crippen LogP contribution in [-0.4, -0.2) is 33.1 Å². The molecule has 0 unspecified atom stereocenters. The summed E-state index contributed by atoms with van der Waals surface area (Å²) < 4.78 is 5.46. The van der Waals surface area contributed by atoms with Crippen LogP contribution in [0.25, 0.3) is 0 Å². The highest BCUT2D eigenvalue weighted by Crippen LogP contribution is 2.12. The standard InChI is InChI=1S/C11H16N6O2S/c1-6(2)19-10-16-8(12-3)15-9(17-10)13-4-7-5-20-11(18)14-7/h5-6H,4H2,1-3H3,(H,14,18)(H2,12,13,15,16,17). The van der Waals surface area contributed by atoms with Crippen molar-refractivity contribution in [1.29, 1.82) is 0 Å². The largest absolute Gasteiger partial charge is 0.461 e. The van der Waals surface area contributed by atoms with E-state index in [9.17, 15) is 4.79 Å². The van der Waals surface area contributed by atoms with Gasteiger partial charge in [-0.3, -0.25) is 4.79 Å². The lowest BCUT2D eigenvalue weighted by Gasteiger charge is -2.10. The quantitative estimate of drug-likeness (QED) is 0.732. The Balaban J connectivity index is 2.11. The molecule has 3 N–H and O–H groups in total. The van der Waals surface area contributed by atoms with E-state index in [2.05, 4.69) is 30.6 Å². The molecule has 2 aromatic rings. The first kappa shape index (κ1) is 14.3. The Morgan fingerprint density at radius 2 is 2.10 bits per heavy atom. The average Bonchev–Trinajstić information content (AvgIpc) is 2.81. The van der Waals surface area contributed by atoms with Crippen LogP contribution in [0.5, 0.6) is 6.01 Å². The highest BCUT2D eigenvalue weighted by molar-refractivity contribution is 7.07. The molecule has 0 fully saturated rings. The van der Waals surface area contributed by atoms with Crippen LogP contribution < -0.4 is 20.2 Å². The third-order valence-corrected chi connectivity index (χ3v) is 2.91. The van der Waals surface area contributed by atoms with Gasteiger partial charge < -0.3 is 20.4 Å². The summed E-state index contributed by atoms with van der Waals surface area (Å²) in [5.74, 6) is 0.795. The zero-order valence-electron chi connectivity index (χ0n) is 11.4. The molecule has 0 atom stereocenters. The van der Waals surface area contributed by atoms with E-state index in [1.807, 2.05) is 13.8 Å². The molecule has 0 amide bonds. The maximum atomic E-state index is 11.0. The molecule has 0 radical (unpaired) electrons. The van der Waals surface area contributed by atoms with Crippen molar-refractivity contribution in [2.24, 2.45) is 0 Å². The van der Waals surface area contributed by atoms with E-state index < -0.39 is 0 Å². The molecular formula is C11H16N6O2S. The van der Waals surface area contributed by atoms with Gasteiger partial charge in [-0.05, 0) is 13.8 Å². The van der Waals surface area contributed by atoms with Gasteiger partial charge in [-0.1, -0.05) is 11.3 Å². The Morgan fingerprint density at radius 3 is 2.70 bits per heavy atom. The average molecular weight is 296 g/mol. The Hall–Kier alpha value is -2.16. The van der Waals surface area contributed by atoms with E-state index in [-0.39, 0.29) is 17.0 Å². The third-order valence-electron chi connectivity index (χ3n) is 2.19. The summed E-state index contributed by atoms with van der Waals surface area (Å²) in [5, 5.41) is 7.61. The van der Waals surface area contributed by atoms with Crippen LogP contribution in [0.15, 0.2) is 10.2 Å². The first-order chi connectivity index (χ1) is 9.56. The molecule has 9 heteroatoms. The molecule has 0 aliphatic carbocycles. The molecule has 0 aliphatic rings. The van der Waals surface area contributed by atoms with Gasteiger partial charge in [0, 0.05) is 18.1 Å². The number of rotatable bonds is 6. The fraction of sp³-hybridized carbons (Fsp3) is 0.455. The predicted molar refractivity (Wildman–Crippen MR) is 77.4 cm³/mol. The molecular weight excluding hydrogens is 280 g/mol. The number of aromatic amines is 1. The highest BCUT2D eigenvalue weighted by Gasteiger charge is 2.08. The van der Waals surface area contributed by atoms with Gasteiger partial charge in [0.15, 0.2) is 0 Å². The second-order valence-electron chi connectivity index (χ2n) is 4.21. The first-order valence-electron chi connectivity index (χ1n) is 6.08. The monoisotopic (exact) mass is 296 g/mol. The van der Waals surface area contributed by atoms with Crippen LogP contribution in [0.3, 0.4) is 0 Å². The van der Waals surface area contributed by atoms with Crippen LogP contribution in [0.1, 0.15) is 19.5 Å². The molecule has 0 saturated carbocycles. The summed E-state index contributed by atoms with van der Waals surface area (Å²) in [6.07, 6.45) is -0.0248. The van der Waals surface area contributed by atoms with E-state index in [4.69, 9.17) is 4.74 Å². The summed E-state index contributed by atoms with van der Waals surface area (Å²) in [6.45, 7) is 4.21. The molecule has 20 heavy (non-hydrogen) atoms. The van der Waals surface area contributed by atoms with Gasteiger partial charge in [-0.15, -0.1) is 0 Å². The van der Waals surface area contributed by atoms with Gasteiger partial charge in [-0.25, -0.2) is 0 Å². The van der Waals surface area contributed by atoms with Crippen LogP contribution >= 0.6 is 11.3 Å². The van der Waals surface area contributed by atoms with Gasteiger partial charge in [0.25, 0.3) is 0 Å². The van der Waals surface area contributed by atoms with Crippen molar-refractivity contribution in [2.45, 2.75) is 26.5 Å². The molecule has 0 aromatic carbocycles. The molecule has 0 saturated heterocycles. The molecule has 0 bridgehead atoms. The number of hydrogen-bond acceptors (Lipinski definition) is 8. The first-order valence-corrected chi connectivity index (χ1v) is 6.96. The SMILES string of the molecule is CNc1nc(NCc2csc(=O)[nH]2)nc(OC(C)C)n1. The maximum Gasteiger partial charge on any atom is 0.323 e. The zero-order valence-corrected chi connectivity index (χ0v) is 12.2. The van der Waals surface area contributed by atoms with Gasteiger partial charge >= 0.3 is 10.9 Å². The van der Waals surface area contributed by atoms with E-state index in [0.717, 1.165) is 17.0 Å². The lowest BCUT2D eigenvalue weighted by molar-refractivity contribution is 0.222. The summed E-state index contributed by atoms with van der Waals surface area (Å²) in [4.78, 5) is 26.1. The number of nitrogens with one attached hydrogen (secondary N) is 3. The van der Waals surface area contributed by atoms with Crippen molar-refractivity contribution >= 4 is 23.2 Å². The maximum absolute atomic E-state index is 11.0. The highest BCUT2D eigenvalue weighted by atomic mass is 32.1. The van der Waals surface area contributed by atoms with Crippen molar-refractivity contribution in [3.63, 3.8) is 0 Å². The fourth-order valence-corrected chi connectivity index (χ4v) is 1.97. The van der Waals surface area contributed by atoms with E-state index in [1.165, 1.54) is 0 Å². The van der Waals surface area contributed by atoms with Crippen LogP contribution in [0.2, 0.25) is 0 Å². The van der Waals surface area contributed by atoms with Gasteiger partial charge in [0.05, 0.1) is 12.6 Å². The predicted octanol–water partition coefficient (Wildman–Crippen LogP) is 1.06. The Kier molecular flexibility index (Phi) is 4.51. The number of thiazole rings is 1. The summed E-state index contributed by atoms with van der Waals surface area (Å²) in [7, 11) is 1.72. The number of hydrogen-bond donors (Lipinski definition) is 3. The molecule has 0 spiro atoms. The fourth-order valence-electron chi connectivity index (χ4n) is 1.39. The summed E-state index contributed by atoms with van der Waals surface area (Å²) in [5.41, 5.74) is 0.776. The molecule has 2 rings (SSSR count). The second-order valence-corrected chi connectivity index (χ2v) is 5.05. The van der Waals surface area contributed by atoms with Crippen molar-refractivity contribution in [2.75, 3.05) is 17.7 Å². The number of anilines is 2. The lowest BCUT2D eigenvalue weighted by Crippen LogP contribution is -2.13. The number of aromatic nitrogens is 4. The van der Waals surface area contributed by atoms with Gasteiger partial charge in [0.1, 0.15) is 0 Å². The summed E-state index contributed by atoms with van der Waals surface area (Å²) >= 11 is 1.12. The normalized spacial score (nSPS) is 10.6. The minimum absolute atomic E-state index is 0.0248. The van der Waals surface area contributed by atoms with Crippen molar-refractivity contribution in [3.8, 4) is 6.01 Å². The molecule has 108 valence electrons. The molecule has 8 nitrogen and oxygen atoms in total. The van der Waals surface area contributed by atoms with E-state index in [0.29, 0.717) is 18.4 Å².